The van der Waals surface area contributed by atoms with E-state index in [2.05, 4.69) is 15.3 Å². The maximum atomic E-state index is 12.4. The molecule has 2 aromatic carbocycles. The third-order valence-corrected chi connectivity index (χ3v) is 5.54. The Morgan fingerprint density at radius 3 is 2.59 bits per heavy atom. The Morgan fingerprint density at radius 1 is 1.07 bits per heavy atom. The number of thiazole rings is 2. The highest BCUT2D eigenvalue weighted by molar-refractivity contribution is 7.22. The zero-order valence-electron chi connectivity index (χ0n) is 14.8. The van der Waals surface area contributed by atoms with Crippen molar-refractivity contribution in [2.45, 2.75) is 20.0 Å². The number of nitrogens with zero attached hydrogens (tertiary/aromatic N) is 2. The standard InChI is InChI=1S/C20H17N3O2S2/c1-12(2)25-14-9-7-13(8-10-14)18(24)23-20-22-16(11-26-20)19-21-15-5-3-4-6-17(15)27-19/h3-12H,1-2H3,(H,22,23,24). The van der Waals surface area contributed by atoms with Crippen molar-refractivity contribution in [2.75, 3.05) is 5.32 Å². The number of hydrogen-bond acceptors (Lipinski definition) is 6. The Bertz CT molecular complexity index is 1050. The third-order valence-electron chi connectivity index (χ3n) is 3.73. The molecule has 0 bridgehead atoms. The van der Waals surface area contributed by atoms with Crippen LogP contribution in [0.25, 0.3) is 20.9 Å². The summed E-state index contributed by atoms with van der Waals surface area (Å²) in [5, 5.41) is 6.16. The van der Waals surface area contributed by atoms with Crippen LogP contribution in [0.1, 0.15) is 24.2 Å². The Hall–Kier alpha value is -2.77. The van der Waals surface area contributed by atoms with E-state index in [1.807, 2.05) is 43.5 Å². The van der Waals surface area contributed by atoms with Crippen molar-refractivity contribution in [3.05, 3.63) is 59.5 Å². The lowest BCUT2D eigenvalue weighted by Crippen LogP contribution is -2.12. The van der Waals surface area contributed by atoms with Gasteiger partial charge in [-0.3, -0.25) is 10.1 Å². The van der Waals surface area contributed by atoms with Crippen LogP contribution in [0.15, 0.2) is 53.9 Å². The van der Waals surface area contributed by atoms with Gasteiger partial charge >= 0.3 is 0 Å². The molecule has 1 N–H and O–H groups in total. The van der Waals surface area contributed by atoms with E-state index in [-0.39, 0.29) is 12.0 Å². The second-order valence-electron chi connectivity index (χ2n) is 6.17. The zero-order valence-corrected chi connectivity index (χ0v) is 16.4. The summed E-state index contributed by atoms with van der Waals surface area (Å²) in [4.78, 5) is 21.5. The number of fused-ring (bicyclic) bond motifs is 1. The van der Waals surface area contributed by atoms with Crippen LogP contribution in [0, 0.1) is 0 Å². The first-order valence-corrected chi connectivity index (χ1v) is 10.2. The van der Waals surface area contributed by atoms with E-state index in [9.17, 15) is 4.79 Å². The minimum atomic E-state index is -0.198. The van der Waals surface area contributed by atoms with Gasteiger partial charge in [-0.05, 0) is 50.2 Å². The van der Waals surface area contributed by atoms with Gasteiger partial charge in [0.2, 0.25) is 0 Å². The van der Waals surface area contributed by atoms with Crippen LogP contribution in [-0.4, -0.2) is 22.0 Å². The lowest BCUT2D eigenvalue weighted by molar-refractivity contribution is 0.102. The summed E-state index contributed by atoms with van der Waals surface area (Å²) in [6.07, 6.45) is 0.0981. The van der Waals surface area contributed by atoms with Gasteiger partial charge in [-0.25, -0.2) is 9.97 Å². The molecule has 4 aromatic rings. The normalized spacial score (nSPS) is 11.1. The second-order valence-corrected chi connectivity index (χ2v) is 8.06. The summed E-state index contributed by atoms with van der Waals surface area (Å²) >= 11 is 2.98. The van der Waals surface area contributed by atoms with E-state index in [0.717, 1.165) is 26.7 Å². The fraction of sp³-hybridized carbons (Fsp3) is 0.150. The highest BCUT2D eigenvalue weighted by Crippen LogP contribution is 2.32. The molecule has 0 spiro atoms. The largest absolute Gasteiger partial charge is 0.491 e. The summed E-state index contributed by atoms with van der Waals surface area (Å²) < 4.78 is 6.72. The smallest absolute Gasteiger partial charge is 0.257 e. The van der Waals surface area contributed by atoms with Crippen LogP contribution in [0.5, 0.6) is 5.75 Å². The van der Waals surface area contributed by atoms with E-state index in [1.54, 1.807) is 35.6 Å². The lowest BCUT2D eigenvalue weighted by Gasteiger charge is -2.09. The molecule has 0 unspecified atom stereocenters. The van der Waals surface area contributed by atoms with Gasteiger partial charge in [-0.1, -0.05) is 12.1 Å². The van der Waals surface area contributed by atoms with Crippen molar-refractivity contribution in [1.29, 1.82) is 0 Å². The minimum absolute atomic E-state index is 0.0981. The molecule has 0 radical (unpaired) electrons. The zero-order chi connectivity index (χ0) is 18.8. The molecule has 2 aromatic heterocycles. The second kappa shape index (κ2) is 7.46. The fourth-order valence-electron chi connectivity index (χ4n) is 2.54. The van der Waals surface area contributed by atoms with Crippen LogP contribution < -0.4 is 10.1 Å². The molecule has 0 saturated carbocycles. The van der Waals surface area contributed by atoms with E-state index < -0.39 is 0 Å². The summed E-state index contributed by atoms with van der Waals surface area (Å²) in [6.45, 7) is 3.93. The number of para-hydroxylation sites is 1. The molecule has 7 heteroatoms. The van der Waals surface area contributed by atoms with Crippen LogP contribution in [0.4, 0.5) is 5.13 Å². The first kappa shape index (κ1) is 17.6. The summed E-state index contributed by atoms with van der Waals surface area (Å²) in [5.74, 6) is 0.546. The Morgan fingerprint density at radius 2 is 1.85 bits per heavy atom. The Kier molecular flexibility index (Phi) is 4.87. The van der Waals surface area contributed by atoms with Crippen molar-refractivity contribution >= 4 is 43.9 Å². The van der Waals surface area contributed by atoms with Crippen molar-refractivity contribution in [3.8, 4) is 16.5 Å². The average molecular weight is 396 g/mol. The van der Waals surface area contributed by atoms with Crippen LogP contribution in [-0.2, 0) is 0 Å². The molecule has 0 atom stereocenters. The highest BCUT2D eigenvalue weighted by Gasteiger charge is 2.13. The van der Waals surface area contributed by atoms with E-state index in [1.165, 1.54) is 11.3 Å². The predicted octanol–water partition coefficient (Wildman–Crippen LogP) is 5.46. The monoisotopic (exact) mass is 395 g/mol. The van der Waals surface area contributed by atoms with Crippen molar-refractivity contribution < 1.29 is 9.53 Å². The Labute approximate surface area is 164 Å². The van der Waals surface area contributed by atoms with Gasteiger partial charge in [0, 0.05) is 10.9 Å². The number of aromatic nitrogens is 2. The number of amides is 1. The maximum absolute atomic E-state index is 12.4. The molecule has 0 fully saturated rings. The SMILES string of the molecule is CC(C)Oc1ccc(C(=O)Nc2nc(-c3nc4ccccc4s3)cs2)cc1. The number of ether oxygens (including phenoxy) is 1. The minimum Gasteiger partial charge on any atom is -0.491 e. The molecule has 5 nitrogen and oxygen atoms in total. The number of carbonyl (C=O) groups excluding carboxylic acids is 1. The number of rotatable bonds is 5. The summed E-state index contributed by atoms with van der Waals surface area (Å²) in [7, 11) is 0. The van der Waals surface area contributed by atoms with Gasteiger partial charge in [-0.15, -0.1) is 22.7 Å². The molecule has 0 aliphatic heterocycles. The lowest BCUT2D eigenvalue weighted by atomic mass is 10.2. The fourth-order valence-corrected chi connectivity index (χ4v) is 4.23. The molecule has 0 aliphatic carbocycles. The van der Waals surface area contributed by atoms with Crippen molar-refractivity contribution in [2.24, 2.45) is 0 Å². The number of hydrogen-bond donors (Lipinski definition) is 1. The highest BCUT2D eigenvalue weighted by atomic mass is 32.1. The van der Waals surface area contributed by atoms with Gasteiger partial charge in [0.05, 0.1) is 16.3 Å². The quantitative estimate of drug-likeness (QED) is 0.487. The number of nitrogens with one attached hydrogen (secondary N) is 1. The molecular formula is C20H17N3O2S2. The Balaban J connectivity index is 1.48. The summed E-state index contributed by atoms with van der Waals surface area (Å²) in [6, 6.07) is 15.1. The third kappa shape index (κ3) is 3.99. The van der Waals surface area contributed by atoms with Gasteiger partial charge < -0.3 is 4.74 Å². The molecule has 136 valence electrons. The van der Waals surface area contributed by atoms with Gasteiger partial charge in [0.1, 0.15) is 16.5 Å². The number of carbonyl (C=O) groups is 1. The van der Waals surface area contributed by atoms with E-state index >= 15 is 0 Å². The summed E-state index contributed by atoms with van der Waals surface area (Å²) in [5.41, 5.74) is 2.29. The van der Waals surface area contributed by atoms with Crippen LogP contribution >= 0.6 is 22.7 Å². The molecule has 1 amide bonds. The van der Waals surface area contributed by atoms with Crippen LogP contribution in [0.2, 0.25) is 0 Å². The maximum Gasteiger partial charge on any atom is 0.257 e. The van der Waals surface area contributed by atoms with Crippen molar-refractivity contribution in [1.82, 2.24) is 9.97 Å². The van der Waals surface area contributed by atoms with Gasteiger partial charge in [0.15, 0.2) is 5.13 Å². The molecular weight excluding hydrogens is 378 g/mol. The number of benzene rings is 2. The van der Waals surface area contributed by atoms with Crippen molar-refractivity contribution in [3.63, 3.8) is 0 Å². The number of anilines is 1. The van der Waals surface area contributed by atoms with E-state index in [4.69, 9.17) is 4.74 Å². The van der Waals surface area contributed by atoms with Gasteiger partial charge in [-0.2, -0.15) is 0 Å². The topological polar surface area (TPSA) is 64.1 Å². The first-order valence-electron chi connectivity index (χ1n) is 8.48. The first-order chi connectivity index (χ1) is 13.1. The molecule has 4 rings (SSSR count). The van der Waals surface area contributed by atoms with Gasteiger partial charge in [0.25, 0.3) is 5.91 Å². The molecule has 2 heterocycles. The van der Waals surface area contributed by atoms with Crippen LogP contribution in [0.3, 0.4) is 0 Å². The molecule has 27 heavy (non-hydrogen) atoms. The average Bonchev–Trinajstić information content (AvgIpc) is 3.28. The van der Waals surface area contributed by atoms with E-state index in [0.29, 0.717) is 10.7 Å². The molecule has 0 saturated heterocycles. The molecule has 0 aliphatic rings. The predicted molar refractivity (Wildman–Crippen MR) is 111 cm³/mol.